The quantitative estimate of drug-likeness (QED) is 0.733. The maximum absolute atomic E-state index is 9.45. The van der Waals surface area contributed by atoms with Crippen molar-refractivity contribution < 1.29 is 5.11 Å². The molecule has 0 spiro atoms. The summed E-state index contributed by atoms with van der Waals surface area (Å²) in [5, 5.41) is 18.0. The van der Waals surface area contributed by atoms with E-state index in [1.807, 2.05) is 18.2 Å². The first kappa shape index (κ1) is 13.7. The van der Waals surface area contributed by atoms with Crippen molar-refractivity contribution in [3.05, 3.63) is 35.9 Å². The van der Waals surface area contributed by atoms with Gasteiger partial charge in [0.2, 0.25) is 0 Å². The first-order valence-electron chi connectivity index (χ1n) is 6.03. The molecule has 0 aliphatic heterocycles. The fourth-order valence-electron chi connectivity index (χ4n) is 1.83. The van der Waals surface area contributed by atoms with E-state index in [-0.39, 0.29) is 6.10 Å². The van der Waals surface area contributed by atoms with E-state index < -0.39 is 0 Å². The van der Waals surface area contributed by atoms with Gasteiger partial charge in [0.15, 0.2) is 0 Å². The van der Waals surface area contributed by atoms with Crippen LogP contribution in [0.1, 0.15) is 25.3 Å². The van der Waals surface area contributed by atoms with Crippen LogP contribution in [0.4, 0.5) is 0 Å². The van der Waals surface area contributed by atoms with E-state index >= 15 is 0 Å². The van der Waals surface area contributed by atoms with Gasteiger partial charge in [-0.2, -0.15) is 5.26 Å². The summed E-state index contributed by atoms with van der Waals surface area (Å²) in [7, 11) is 0. The van der Waals surface area contributed by atoms with E-state index in [4.69, 9.17) is 5.26 Å². The fourth-order valence-corrected chi connectivity index (χ4v) is 1.83. The van der Waals surface area contributed by atoms with Gasteiger partial charge >= 0.3 is 0 Å². The molecular weight excluding hydrogens is 212 g/mol. The van der Waals surface area contributed by atoms with E-state index in [1.165, 1.54) is 5.56 Å². The molecule has 1 aromatic carbocycles. The Morgan fingerprint density at radius 2 is 2.06 bits per heavy atom. The number of aliphatic hydroxyl groups excluding tert-OH is 1. The molecule has 0 saturated carbocycles. The molecule has 3 heteroatoms. The standard InChI is InChI=1S/C14H20N2O/c1-13(17)11-16(10-6-5-9-15)12-14-7-3-2-4-8-14/h2-4,7-8,13,17H,5-6,10-12H2,1H3/t13-/m1/s1. The minimum absolute atomic E-state index is 0.333. The number of unbranched alkanes of at least 4 members (excludes halogenated alkanes) is 1. The Balaban J connectivity index is 2.48. The Hall–Kier alpha value is -1.37. The Morgan fingerprint density at radius 1 is 1.35 bits per heavy atom. The zero-order chi connectivity index (χ0) is 12.5. The minimum Gasteiger partial charge on any atom is -0.392 e. The second kappa shape index (κ2) is 7.83. The predicted octanol–water partition coefficient (Wildman–Crippen LogP) is 2.17. The smallest absolute Gasteiger partial charge is 0.0639 e. The molecule has 1 rings (SSSR count). The van der Waals surface area contributed by atoms with E-state index in [2.05, 4.69) is 23.1 Å². The summed E-state index contributed by atoms with van der Waals surface area (Å²) in [5.74, 6) is 0. The number of hydrogen-bond donors (Lipinski definition) is 1. The largest absolute Gasteiger partial charge is 0.392 e. The number of hydrogen-bond acceptors (Lipinski definition) is 3. The summed E-state index contributed by atoms with van der Waals surface area (Å²) < 4.78 is 0. The summed E-state index contributed by atoms with van der Waals surface area (Å²) in [6.45, 7) is 4.13. The summed E-state index contributed by atoms with van der Waals surface area (Å²) in [6.07, 6.45) is 1.10. The van der Waals surface area contributed by atoms with Gasteiger partial charge < -0.3 is 5.11 Å². The van der Waals surface area contributed by atoms with Crippen molar-refractivity contribution in [2.45, 2.75) is 32.4 Å². The van der Waals surface area contributed by atoms with Crippen LogP contribution in [0.25, 0.3) is 0 Å². The molecule has 0 saturated heterocycles. The lowest BCUT2D eigenvalue weighted by atomic mass is 10.2. The van der Waals surface area contributed by atoms with Crippen molar-refractivity contribution in [2.75, 3.05) is 13.1 Å². The van der Waals surface area contributed by atoms with Gasteiger partial charge in [0, 0.05) is 19.5 Å². The van der Waals surface area contributed by atoms with Crippen molar-refractivity contribution >= 4 is 0 Å². The molecular formula is C14H20N2O. The van der Waals surface area contributed by atoms with Crippen molar-refractivity contribution in [3.8, 4) is 6.07 Å². The molecule has 0 unspecified atom stereocenters. The maximum atomic E-state index is 9.45. The molecule has 3 nitrogen and oxygen atoms in total. The molecule has 17 heavy (non-hydrogen) atoms. The summed E-state index contributed by atoms with van der Waals surface area (Å²) in [4.78, 5) is 2.19. The number of benzene rings is 1. The number of nitriles is 1. The van der Waals surface area contributed by atoms with Crippen LogP contribution in [-0.4, -0.2) is 29.2 Å². The lowest BCUT2D eigenvalue weighted by molar-refractivity contribution is 0.122. The number of aliphatic hydroxyl groups is 1. The first-order valence-corrected chi connectivity index (χ1v) is 6.03. The summed E-state index contributed by atoms with van der Waals surface area (Å²) in [6, 6.07) is 12.4. The molecule has 0 amide bonds. The van der Waals surface area contributed by atoms with Gasteiger partial charge in [-0.05, 0) is 25.5 Å². The van der Waals surface area contributed by atoms with Crippen LogP contribution in [-0.2, 0) is 6.54 Å². The zero-order valence-electron chi connectivity index (χ0n) is 10.3. The molecule has 0 heterocycles. The molecule has 92 valence electrons. The summed E-state index contributed by atoms with van der Waals surface area (Å²) in [5.41, 5.74) is 1.24. The molecule has 1 N–H and O–H groups in total. The van der Waals surface area contributed by atoms with Crippen LogP contribution in [0.5, 0.6) is 0 Å². The average molecular weight is 232 g/mol. The zero-order valence-corrected chi connectivity index (χ0v) is 10.3. The molecule has 0 aliphatic carbocycles. The van der Waals surface area contributed by atoms with Crippen molar-refractivity contribution in [1.29, 1.82) is 5.26 Å². The second-order valence-corrected chi connectivity index (χ2v) is 4.33. The highest BCUT2D eigenvalue weighted by Crippen LogP contribution is 2.06. The van der Waals surface area contributed by atoms with Gasteiger partial charge in [0.25, 0.3) is 0 Å². The Kier molecular flexibility index (Phi) is 6.31. The van der Waals surface area contributed by atoms with Gasteiger partial charge in [0.1, 0.15) is 0 Å². The molecule has 0 aliphatic rings. The maximum Gasteiger partial charge on any atom is 0.0639 e. The Bertz CT molecular complexity index is 343. The molecule has 0 bridgehead atoms. The lowest BCUT2D eigenvalue weighted by Gasteiger charge is -2.23. The highest BCUT2D eigenvalue weighted by Gasteiger charge is 2.08. The third-order valence-electron chi connectivity index (χ3n) is 2.53. The molecule has 0 aromatic heterocycles. The van der Waals surface area contributed by atoms with Gasteiger partial charge in [-0.1, -0.05) is 30.3 Å². The first-order chi connectivity index (χ1) is 8.22. The van der Waals surface area contributed by atoms with E-state index in [0.717, 1.165) is 19.5 Å². The van der Waals surface area contributed by atoms with Gasteiger partial charge in [-0.25, -0.2) is 0 Å². The van der Waals surface area contributed by atoms with Gasteiger partial charge in [-0.15, -0.1) is 0 Å². The average Bonchev–Trinajstić information content (AvgIpc) is 2.30. The Labute approximate surface area is 103 Å². The topological polar surface area (TPSA) is 47.3 Å². The third kappa shape index (κ3) is 6.06. The van der Waals surface area contributed by atoms with Crippen molar-refractivity contribution in [3.63, 3.8) is 0 Å². The van der Waals surface area contributed by atoms with E-state index in [1.54, 1.807) is 6.92 Å². The normalized spacial score (nSPS) is 12.4. The summed E-state index contributed by atoms with van der Waals surface area (Å²) >= 11 is 0. The van der Waals surface area contributed by atoms with E-state index in [9.17, 15) is 5.11 Å². The van der Waals surface area contributed by atoms with Crippen LogP contribution in [0.15, 0.2) is 30.3 Å². The van der Waals surface area contributed by atoms with Gasteiger partial charge in [-0.3, -0.25) is 4.90 Å². The van der Waals surface area contributed by atoms with Crippen LogP contribution in [0.2, 0.25) is 0 Å². The van der Waals surface area contributed by atoms with Crippen LogP contribution in [0, 0.1) is 11.3 Å². The Morgan fingerprint density at radius 3 is 2.65 bits per heavy atom. The van der Waals surface area contributed by atoms with E-state index in [0.29, 0.717) is 13.0 Å². The molecule has 0 fully saturated rings. The van der Waals surface area contributed by atoms with Crippen LogP contribution in [0.3, 0.4) is 0 Å². The molecule has 1 atom stereocenters. The number of nitrogens with zero attached hydrogens (tertiary/aromatic N) is 2. The van der Waals surface area contributed by atoms with Crippen molar-refractivity contribution in [1.82, 2.24) is 4.90 Å². The third-order valence-corrected chi connectivity index (χ3v) is 2.53. The predicted molar refractivity (Wildman–Crippen MR) is 68.2 cm³/mol. The molecule has 0 radical (unpaired) electrons. The molecule has 1 aromatic rings. The van der Waals surface area contributed by atoms with Crippen molar-refractivity contribution in [2.24, 2.45) is 0 Å². The lowest BCUT2D eigenvalue weighted by Crippen LogP contribution is -2.31. The fraction of sp³-hybridized carbons (Fsp3) is 0.500. The second-order valence-electron chi connectivity index (χ2n) is 4.33. The van der Waals surface area contributed by atoms with Crippen LogP contribution < -0.4 is 0 Å². The van der Waals surface area contributed by atoms with Gasteiger partial charge in [0.05, 0.1) is 12.2 Å². The highest BCUT2D eigenvalue weighted by atomic mass is 16.3. The SMILES string of the molecule is C[C@@H](O)CN(CCCC#N)Cc1ccccc1. The monoisotopic (exact) mass is 232 g/mol. The minimum atomic E-state index is -0.333. The van der Waals surface area contributed by atoms with Crippen LogP contribution >= 0.6 is 0 Å². The highest BCUT2D eigenvalue weighted by molar-refractivity contribution is 5.14. The number of rotatable bonds is 7.